The molecule has 1 saturated heterocycles. The minimum absolute atomic E-state index is 0.230. The maximum Gasteiger partial charge on any atom is 0.469 e. The number of nitrogen functional groups attached to an aromatic ring is 1. The molecule has 1 fully saturated rings. The van der Waals surface area contributed by atoms with Crippen molar-refractivity contribution < 1.29 is 37.5 Å². The first-order valence-corrected chi connectivity index (χ1v) is 7.72. The molecule has 3 atom stereocenters. The molecular formula is C11H12F2N3O7P. The normalized spacial score (nSPS) is 29.3. The van der Waals surface area contributed by atoms with Gasteiger partial charge in [-0.1, -0.05) is 5.92 Å². The predicted molar refractivity (Wildman–Crippen MR) is 73.5 cm³/mol. The summed E-state index contributed by atoms with van der Waals surface area (Å²) >= 11 is 0. The van der Waals surface area contributed by atoms with Gasteiger partial charge in [-0.25, -0.2) is 9.36 Å². The third-order valence-corrected chi connectivity index (χ3v) is 3.72. The number of aliphatic hydroxyl groups excluding tert-OH is 1. The highest BCUT2D eigenvalue weighted by Gasteiger charge is 2.67. The van der Waals surface area contributed by atoms with Gasteiger partial charge in [0.15, 0.2) is 11.7 Å². The lowest BCUT2D eigenvalue weighted by Crippen LogP contribution is -2.48. The molecule has 10 nitrogen and oxygen atoms in total. The van der Waals surface area contributed by atoms with E-state index in [0.717, 1.165) is 12.3 Å². The number of alkyl halides is 2. The van der Waals surface area contributed by atoms with Crippen LogP contribution in [0.4, 0.5) is 14.6 Å². The van der Waals surface area contributed by atoms with Gasteiger partial charge in [0, 0.05) is 6.20 Å². The first-order valence-electron chi connectivity index (χ1n) is 6.19. The number of phosphoric acid groups is 1. The van der Waals surface area contributed by atoms with Crippen LogP contribution in [-0.2, 0) is 13.8 Å². The summed E-state index contributed by atoms with van der Waals surface area (Å²) in [6.07, 6.45) is 0.845. The van der Waals surface area contributed by atoms with E-state index in [1.54, 1.807) is 5.92 Å². The van der Waals surface area contributed by atoms with E-state index in [1.807, 2.05) is 0 Å². The monoisotopic (exact) mass is 367 g/mol. The zero-order valence-electron chi connectivity index (χ0n) is 11.7. The topological polar surface area (TPSA) is 157 Å². The maximum absolute atomic E-state index is 14.3. The number of aliphatic hydroxyl groups is 1. The highest BCUT2D eigenvalue weighted by Crippen LogP contribution is 2.49. The molecule has 1 aromatic heterocycles. The first kappa shape index (κ1) is 18.5. The van der Waals surface area contributed by atoms with E-state index in [4.69, 9.17) is 26.7 Å². The minimum atomic E-state index is -5.08. The molecule has 132 valence electrons. The van der Waals surface area contributed by atoms with Crippen LogP contribution in [0.15, 0.2) is 17.1 Å². The zero-order chi connectivity index (χ0) is 18.3. The number of halogens is 2. The van der Waals surface area contributed by atoms with Crippen molar-refractivity contribution in [3.63, 3.8) is 0 Å². The van der Waals surface area contributed by atoms with E-state index >= 15 is 0 Å². The predicted octanol–water partition coefficient (Wildman–Crippen LogP) is -1.17. The first-order chi connectivity index (χ1) is 10.9. The van der Waals surface area contributed by atoms with Crippen LogP contribution in [0, 0.1) is 12.3 Å². The van der Waals surface area contributed by atoms with Crippen LogP contribution in [0.5, 0.6) is 0 Å². The van der Waals surface area contributed by atoms with Crippen LogP contribution in [0.2, 0.25) is 0 Å². The second-order valence-electron chi connectivity index (χ2n) is 4.89. The molecule has 0 aromatic carbocycles. The molecule has 5 N–H and O–H groups in total. The molecule has 2 rings (SSSR count). The largest absolute Gasteiger partial charge is 0.469 e. The second-order valence-corrected chi connectivity index (χ2v) is 6.13. The van der Waals surface area contributed by atoms with E-state index in [0.29, 0.717) is 4.57 Å². The Bertz CT molecular complexity index is 789. The molecule has 0 spiro atoms. The van der Waals surface area contributed by atoms with E-state index in [2.05, 4.69) is 9.51 Å². The average Bonchev–Trinajstić information content (AvgIpc) is 2.66. The Kier molecular flexibility index (Phi) is 4.53. The van der Waals surface area contributed by atoms with Crippen LogP contribution >= 0.6 is 7.82 Å². The molecule has 1 aromatic rings. The summed E-state index contributed by atoms with van der Waals surface area (Å²) in [7, 11) is -5.08. The third-order valence-electron chi connectivity index (χ3n) is 3.25. The SMILES string of the molecule is C#C[C@]1(COP(=O)(O)O)O[C@@H](n2ccc(N)nc2=O)C(F)(F)[C@@H]1O. The third kappa shape index (κ3) is 3.18. The molecule has 1 aliphatic rings. The molecule has 1 aliphatic heterocycles. The zero-order valence-corrected chi connectivity index (χ0v) is 12.6. The Hall–Kier alpha value is -1.87. The van der Waals surface area contributed by atoms with E-state index in [9.17, 15) is 23.2 Å². The van der Waals surface area contributed by atoms with Crippen molar-refractivity contribution in [2.45, 2.75) is 23.9 Å². The van der Waals surface area contributed by atoms with Gasteiger partial charge in [0.2, 0.25) is 6.23 Å². The number of terminal acetylenes is 1. The molecule has 0 amide bonds. The van der Waals surface area contributed by atoms with Gasteiger partial charge in [-0.15, -0.1) is 6.42 Å². The Morgan fingerprint density at radius 1 is 1.58 bits per heavy atom. The fraction of sp³-hybridized carbons (Fsp3) is 0.455. The fourth-order valence-electron chi connectivity index (χ4n) is 2.08. The summed E-state index contributed by atoms with van der Waals surface area (Å²) in [5.74, 6) is -2.62. The average molecular weight is 367 g/mol. The standard InChI is InChI=1S/C11H12F2N3O7P/c1-2-10(5-22-24(19,20)21)7(17)11(12,13)8(23-10)16-4-3-6(14)15-9(16)18/h1,3-4,7-8,17H,5H2,(H2,14,15,18)(H2,19,20,21)/t7-,8-,10-/m1/s1. The van der Waals surface area contributed by atoms with Crippen molar-refractivity contribution in [2.75, 3.05) is 12.3 Å². The fourth-order valence-corrected chi connectivity index (χ4v) is 2.44. The number of ether oxygens (including phenoxy) is 1. The molecule has 24 heavy (non-hydrogen) atoms. The van der Waals surface area contributed by atoms with E-state index < -0.39 is 44.0 Å². The van der Waals surface area contributed by atoms with E-state index in [1.165, 1.54) is 0 Å². The van der Waals surface area contributed by atoms with Crippen molar-refractivity contribution in [3.05, 3.63) is 22.7 Å². The van der Waals surface area contributed by atoms with Crippen LogP contribution in [-0.4, -0.2) is 48.7 Å². The summed E-state index contributed by atoms with van der Waals surface area (Å²) < 4.78 is 48.8. The number of phosphoric ester groups is 1. The summed E-state index contributed by atoms with van der Waals surface area (Å²) in [4.78, 5) is 32.3. The Balaban J connectivity index is 2.44. The van der Waals surface area contributed by atoms with Gasteiger partial charge in [-0.05, 0) is 6.07 Å². The second kappa shape index (κ2) is 5.89. The van der Waals surface area contributed by atoms with Crippen molar-refractivity contribution in [3.8, 4) is 12.3 Å². The van der Waals surface area contributed by atoms with E-state index in [-0.39, 0.29) is 5.82 Å². The molecule has 2 heterocycles. The van der Waals surface area contributed by atoms with Gasteiger partial charge < -0.3 is 25.4 Å². The summed E-state index contributed by atoms with van der Waals surface area (Å²) in [6, 6.07) is 1.04. The van der Waals surface area contributed by atoms with Crippen molar-refractivity contribution in [1.82, 2.24) is 9.55 Å². The Labute approximate surface area is 133 Å². The Morgan fingerprint density at radius 2 is 2.21 bits per heavy atom. The number of nitrogens with two attached hydrogens (primary N) is 1. The quantitative estimate of drug-likeness (QED) is 0.380. The highest BCUT2D eigenvalue weighted by atomic mass is 31.2. The molecule has 0 saturated carbocycles. The molecule has 0 unspecified atom stereocenters. The van der Waals surface area contributed by atoms with Crippen molar-refractivity contribution in [1.29, 1.82) is 0 Å². The molecule has 0 bridgehead atoms. The number of anilines is 1. The number of hydrogen-bond donors (Lipinski definition) is 4. The molecule has 0 aliphatic carbocycles. The molecule has 13 heteroatoms. The van der Waals surface area contributed by atoms with Crippen molar-refractivity contribution >= 4 is 13.6 Å². The van der Waals surface area contributed by atoms with Gasteiger partial charge in [0.25, 0.3) is 0 Å². The van der Waals surface area contributed by atoms with Crippen LogP contribution in [0.25, 0.3) is 0 Å². The summed E-state index contributed by atoms with van der Waals surface area (Å²) in [6.45, 7) is -1.24. The van der Waals surface area contributed by atoms with Crippen LogP contribution in [0.3, 0.4) is 0 Å². The Morgan fingerprint density at radius 3 is 2.71 bits per heavy atom. The lowest BCUT2D eigenvalue weighted by Gasteiger charge is -2.25. The number of hydrogen-bond acceptors (Lipinski definition) is 7. The maximum atomic E-state index is 14.3. The smallest absolute Gasteiger partial charge is 0.383 e. The summed E-state index contributed by atoms with van der Waals surface area (Å²) in [5, 5.41) is 9.83. The van der Waals surface area contributed by atoms with Gasteiger partial charge in [-0.3, -0.25) is 9.09 Å². The van der Waals surface area contributed by atoms with Gasteiger partial charge in [-0.2, -0.15) is 13.8 Å². The number of rotatable bonds is 4. The molecule has 0 radical (unpaired) electrons. The van der Waals surface area contributed by atoms with Crippen LogP contribution in [0.1, 0.15) is 6.23 Å². The van der Waals surface area contributed by atoms with Gasteiger partial charge in [0.1, 0.15) is 12.4 Å². The number of nitrogens with zero attached hydrogens (tertiary/aromatic N) is 2. The van der Waals surface area contributed by atoms with Crippen LogP contribution < -0.4 is 11.4 Å². The van der Waals surface area contributed by atoms with Gasteiger partial charge in [0.05, 0.1) is 0 Å². The van der Waals surface area contributed by atoms with Gasteiger partial charge >= 0.3 is 19.4 Å². The number of aromatic nitrogens is 2. The highest BCUT2D eigenvalue weighted by molar-refractivity contribution is 7.46. The lowest BCUT2D eigenvalue weighted by atomic mass is 9.96. The molecular weight excluding hydrogens is 355 g/mol. The minimum Gasteiger partial charge on any atom is -0.383 e. The lowest BCUT2D eigenvalue weighted by molar-refractivity contribution is -0.141. The van der Waals surface area contributed by atoms with Crippen molar-refractivity contribution in [2.24, 2.45) is 0 Å². The summed E-state index contributed by atoms with van der Waals surface area (Å²) in [5.41, 5.74) is 1.46.